The van der Waals surface area contributed by atoms with Crippen LogP contribution in [0.5, 0.6) is 0 Å². The monoisotopic (exact) mass is 375 g/mol. The number of ketones is 1. The molecule has 136 valence electrons. The Bertz CT molecular complexity index is 897. The second-order valence-corrected chi connectivity index (χ2v) is 6.20. The maximum atomic E-state index is 12.8. The van der Waals surface area contributed by atoms with E-state index in [1.54, 1.807) is 12.4 Å². The topological polar surface area (TPSA) is 84.4 Å². The number of aromatic amines is 1. The molecule has 0 atom stereocenters. The molecule has 0 fully saturated rings. The van der Waals surface area contributed by atoms with E-state index >= 15 is 0 Å². The number of halogens is 2. The molecule has 0 aliphatic carbocycles. The highest BCUT2D eigenvalue weighted by molar-refractivity contribution is 6.29. The second kappa shape index (κ2) is 9.15. The summed E-state index contributed by atoms with van der Waals surface area (Å²) in [7, 11) is 0. The fourth-order valence-electron chi connectivity index (χ4n) is 2.12. The molecule has 0 saturated carbocycles. The zero-order valence-corrected chi connectivity index (χ0v) is 15.5. The molecule has 1 N–H and O–H groups in total. The van der Waals surface area contributed by atoms with E-state index in [1.807, 2.05) is 19.9 Å². The molecule has 3 rings (SSSR count). The number of nitrogens with one attached hydrogen (secondary N) is 1. The van der Waals surface area contributed by atoms with Crippen molar-refractivity contribution in [2.45, 2.75) is 33.6 Å². The van der Waals surface area contributed by atoms with Crippen LogP contribution in [0.3, 0.4) is 0 Å². The average molecular weight is 376 g/mol. The summed E-state index contributed by atoms with van der Waals surface area (Å²) in [6.45, 7) is 5.47. The molecule has 0 saturated heterocycles. The van der Waals surface area contributed by atoms with Crippen molar-refractivity contribution in [2.24, 2.45) is 0 Å². The summed E-state index contributed by atoms with van der Waals surface area (Å²) in [6, 6.07) is 3.29. The van der Waals surface area contributed by atoms with E-state index in [-0.39, 0.29) is 10.9 Å². The normalized spacial score (nSPS) is 10.2. The van der Waals surface area contributed by atoms with Crippen molar-refractivity contribution in [3.05, 3.63) is 58.5 Å². The number of nitrogens with zero attached hydrogens (tertiary/aromatic N) is 4. The molecule has 3 heterocycles. The lowest BCUT2D eigenvalue weighted by Crippen LogP contribution is -1.95. The molecule has 8 heteroatoms. The molecule has 0 unspecified atom stereocenters. The van der Waals surface area contributed by atoms with E-state index in [0.29, 0.717) is 18.4 Å². The van der Waals surface area contributed by atoms with Crippen LogP contribution in [0.1, 0.15) is 30.2 Å². The molecule has 0 aromatic carbocycles. The number of hydrogen-bond donors (Lipinski definition) is 1. The van der Waals surface area contributed by atoms with E-state index < -0.39 is 5.82 Å². The van der Waals surface area contributed by atoms with Gasteiger partial charge in [-0.3, -0.25) is 5.10 Å². The lowest BCUT2D eigenvalue weighted by Gasteiger charge is -1.99. The van der Waals surface area contributed by atoms with Gasteiger partial charge < -0.3 is 4.79 Å². The Morgan fingerprint density at radius 1 is 1.19 bits per heavy atom. The van der Waals surface area contributed by atoms with Gasteiger partial charge in [-0.05, 0) is 50.5 Å². The van der Waals surface area contributed by atoms with E-state index in [2.05, 4.69) is 25.4 Å². The Morgan fingerprint density at radius 2 is 1.92 bits per heavy atom. The fourth-order valence-corrected chi connectivity index (χ4v) is 2.23. The molecule has 0 aliphatic heterocycles. The van der Waals surface area contributed by atoms with Crippen molar-refractivity contribution in [3.63, 3.8) is 0 Å². The minimum Gasteiger partial charge on any atom is -0.300 e. The number of aryl methyl sites for hydroxylation is 3. The third-order valence-corrected chi connectivity index (χ3v) is 3.81. The summed E-state index contributed by atoms with van der Waals surface area (Å²) in [5, 5.41) is 14.5. The maximum absolute atomic E-state index is 12.8. The van der Waals surface area contributed by atoms with Crippen LogP contribution in [0.4, 0.5) is 4.39 Å². The Labute approximate surface area is 155 Å². The minimum absolute atomic E-state index is 0.0790. The highest BCUT2D eigenvalue weighted by Gasteiger charge is 2.05. The Morgan fingerprint density at radius 3 is 2.50 bits per heavy atom. The first-order chi connectivity index (χ1) is 12.4. The van der Waals surface area contributed by atoms with Gasteiger partial charge in [0.1, 0.15) is 5.78 Å². The fraction of sp³-hybridized carbons (Fsp3) is 0.278. The largest absolute Gasteiger partial charge is 0.300 e. The molecule has 26 heavy (non-hydrogen) atoms. The van der Waals surface area contributed by atoms with Gasteiger partial charge in [-0.25, -0.2) is 9.37 Å². The van der Waals surface area contributed by atoms with Gasteiger partial charge in [0.25, 0.3) is 0 Å². The van der Waals surface area contributed by atoms with Gasteiger partial charge in [0.2, 0.25) is 0 Å². The maximum Gasteiger partial charge on any atom is 0.164 e. The van der Waals surface area contributed by atoms with Gasteiger partial charge in [0, 0.05) is 23.9 Å². The highest BCUT2D eigenvalue weighted by Crippen LogP contribution is 2.19. The van der Waals surface area contributed by atoms with Crippen molar-refractivity contribution >= 4 is 17.4 Å². The Hall–Kier alpha value is -2.67. The van der Waals surface area contributed by atoms with Crippen molar-refractivity contribution in [3.8, 4) is 11.3 Å². The molecule has 0 amide bonds. The van der Waals surface area contributed by atoms with Gasteiger partial charge in [-0.2, -0.15) is 15.3 Å². The molecule has 0 bridgehead atoms. The minimum atomic E-state index is -0.539. The van der Waals surface area contributed by atoms with Crippen LogP contribution < -0.4 is 0 Å². The van der Waals surface area contributed by atoms with Crippen molar-refractivity contribution in [1.82, 2.24) is 25.4 Å². The smallest absolute Gasteiger partial charge is 0.164 e. The average Bonchev–Trinajstić information content (AvgIpc) is 3.03. The quantitative estimate of drug-likeness (QED) is 0.699. The summed E-state index contributed by atoms with van der Waals surface area (Å²) in [4.78, 5) is 14.3. The van der Waals surface area contributed by atoms with Crippen LogP contribution >= 0.6 is 11.6 Å². The molecule has 3 aromatic rings. The SMILES string of the molecule is CC(=O)CCc1cnc(Cl)c(F)c1.Cc1cc(-c2cnncc2C)n[nH]1. The van der Waals surface area contributed by atoms with Gasteiger partial charge in [-0.1, -0.05) is 11.6 Å². The number of pyridine rings is 1. The van der Waals surface area contributed by atoms with Crippen LogP contribution in [-0.2, 0) is 11.2 Å². The van der Waals surface area contributed by atoms with E-state index in [4.69, 9.17) is 11.6 Å². The van der Waals surface area contributed by atoms with Gasteiger partial charge in [0.05, 0.1) is 18.1 Å². The standard InChI is InChI=1S/C9H9ClFNO.C9H10N4/c1-6(13)2-3-7-4-8(11)9(10)12-5-7;1-6-4-10-11-5-8(6)9-3-7(2)12-13-9/h4-5H,2-3H2,1H3;3-5H,1-2H3,(H,12,13). The number of carbonyl (C=O) groups is 1. The zero-order chi connectivity index (χ0) is 19.1. The van der Waals surface area contributed by atoms with Crippen LogP contribution in [0, 0.1) is 19.7 Å². The van der Waals surface area contributed by atoms with Crippen molar-refractivity contribution in [1.29, 1.82) is 0 Å². The summed E-state index contributed by atoms with van der Waals surface area (Å²) in [5.41, 5.74) is 4.77. The third-order valence-electron chi connectivity index (χ3n) is 3.53. The molecule has 0 spiro atoms. The first-order valence-electron chi connectivity index (χ1n) is 7.96. The van der Waals surface area contributed by atoms with Crippen LogP contribution in [0.2, 0.25) is 5.15 Å². The predicted molar refractivity (Wildman–Crippen MR) is 97.3 cm³/mol. The number of H-pyrrole nitrogens is 1. The molecular formula is C18H19ClFN5O. The summed E-state index contributed by atoms with van der Waals surface area (Å²) in [6.07, 6.45) is 5.86. The lowest BCUT2D eigenvalue weighted by molar-refractivity contribution is -0.116. The third kappa shape index (κ3) is 5.70. The van der Waals surface area contributed by atoms with E-state index in [1.165, 1.54) is 19.2 Å². The second-order valence-electron chi connectivity index (χ2n) is 5.84. The molecular weight excluding hydrogens is 357 g/mol. The zero-order valence-electron chi connectivity index (χ0n) is 14.8. The molecule has 0 radical (unpaired) electrons. The first kappa shape index (κ1) is 19.7. The van der Waals surface area contributed by atoms with Gasteiger partial charge in [0.15, 0.2) is 11.0 Å². The summed E-state index contributed by atoms with van der Waals surface area (Å²) < 4.78 is 12.8. The Kier molecular flexibility index (Phi) is 6.91. The van der Waals surface area contributed by atoms with E-state index in [0.717, 1.165) is 22.5 Å². The number of Topliss-reactive ketones (excluding diaryl/α,β-unsaturated/α-hetero) is 1. The molecule has 6 nitrogen and oxygen atoms in total. The predicted octanol–water partition coefficient (Wildman–Crippen LogP) is 3.88. The van der Waals surface area contributed by atoms with Crippen LogP contribution in [-0.4, -0.2) is 31.2 Å². The Balaban J connectivity index is 0.000000187. The van der Waals surface area contributed by atoms with Gasteiger partial charge in [-0.15, -0.1) is 0 Å². The summed E-state index contributed by atoms with van der Waals surface area (Å²) >= 11 is 5.39. The van der Waals surface area contributed by atoms with Gasteiger partial charge >= 0.3 is 0 Å². The number of aromatic nitrogens is 5. The lowest BCUT2D eigenvalue weighted by atomic mass is 10.1. The number of carbonyl (C=O) groups excluding carboxylic acids is 1. The number of hydrogen-bond acceptors (Lipinski definition) is 5. The summed E-state index contributed by atoms with van der Waals surface area (Å²) in [5.74, 6) is -0.460. The molecule has 0 aliphatic rings. The van der Waals surface area contributed by atoms with Crippen LogP contribution in [0.25, 0.3) is 11.3 Å². The first-order valence-corrected chi connectivity index (χ1v) is 8.33. The highest BCUT2D eigenvalue weighted by atomic mass is 35.5. The molecule has 3 aromatic heterocycles. The van der Waals surface area contributed by atoms with Crippen molar-refractivity contribution in [2.75, 3.05) is 0 Å². The van der Waals surface area contributed by atoms with Crippen LogP contribution in [0.15, 0.2) is 30.7 Å². The van der Waals surface area contributed by atoms with Crippen molar-refractivity contribution < 1.29 is 9.18 Å². The van der Waals surface area contributed by atoms with E-state index in [9.17, 15) is 9.18 Å². The number of rotatable bonds is 4.